The molecule has 0 aliphatic carbocycles. The van der Waals surface area contributed by atoms with Crippen LogP contribution >= 0.6 is 50.5 Å². The third-order valence-electron chi connectivity index (χ3n) is 1.12. The van der Waals surface area contributed by atoms with Gasteiger partial charge in [-0.15, -0.1) is 12.6 Å². The van der Waals surface area contributed by atoms with Gasteiger partial charge in [0.15, 0.2) is 0 Å². The van der Waals surface area contributed by atoms with E-state index in [9.17, 15) is 0 Å². The fourth-order valence-electron chi connectivity index (χ4n) is 0.502. The summed E-state index contributed by atoms with van der Waals surface area (Å²) in [4.78, 5) is 0. The third kappa shape index (κ3) is 4.28. The van der Waals surface area contributed by atoms with E-state index in [1.165, 1.54) is 0 Å². The molecule has 0 fully saturated rings. The number of hydrogen-bond acceptors (Lipinski definition) is 5. The Hall–Kier alpha value is 1.36. The Morgan fingerprint density at radius 1 is 1.20 bits per heavy atom. The Morgan fingerprint density at radius 2 is 1.70 bits per heavy atom. The van der Waals surface area contributed by atoms with Crippen LogP contribution < -0.4 is 0 Å². The molecule has 0 rings (SSSR count). The quantitative estimate of drug-likeness (QED) is 0.353. The first-order chi connectivity index (χ1) is 4.59. The van der Waals surface area contributed by atoms with E-state index in [0.29, 0.717) is 0 Å². The van der Waals surface area contributed by atoms with Crippen molar-refractivity contribution in [2.45, 2.75) is 22.4 Å². The summed E-state index contributed by atoms with van der Waals surface area (Å²) < 4.78 is 0. The van der Waals surface area contributed by atoms with Crippen molar-refractivity contribution in [1.29, 1.82) is 0 Å². The fourth-order valence-corrected chi connectivity index (χ4v) is 1.77. The molecule has 0 radical (unpaired) electrons. The van der Waals surface area contributed by atoms with Crippen LogP contribution in [0.4, 0.5) is 0 Å². The fraction of sp³-hybridized carbons (Fsp3) is 1.00. The van der Waals surface area contributed by atoms with Gasteiger partial charge >= 0.3 is 0 Å². The summed E-state index contributed by atoms with van der Waals surface area (Å²) in [6.07, 6.45) is 0.831. The highest BCUT2D eigenvalue weighted by atomic mass is 32.1. The number of rotatable bonds is 4. The lowest BCUT2D eigenvalue weighted by atomic mass is 10.2. The molecule has 0 aromatic carbocycles. The Morgan fingerprint density at radius 3 is 2.00 bits per heavy atom. The standard InChI is InChI=1S/C5H12OS4/c6-5(10)4(9)3(8)1-2-7/h3-10H,1-2H2. The smallest absolute Gasteiger partial charge is 0.109 e. The third-order valence-corrected chi connectivity index (χ3v) is 3.40. The van der Waals surface area contributed by atoms with Gasteiger partial charge in [0.05, 0.1) is 0 Å². The first-order valence-electron chi connectivity index (χ1n) is 2.92. The predicted molar refractivity (Wildman–Crippen MR) is 59.0 cm³/mol. The molecule has 0 bridgehead atoms. The SMILES string of the molecule is OC(S)C(S)C(S)CCS. The van der Waals surface area contributed by atoms with Crippen LogP contribution in [0.5, 0.6) is 0 Å². The van der Waals surface area contributed by atoms with Crippen molar-refractivity contribution in [3.8, 4) is 0 Å². The summed E-state index contributed by atoms with van der Waals surface area (Å²) in [7, 11) is 0. The summed E-state index contributed by atoms with van der Waals surface area (Å²) in [6, 6.07) is 0. The van der Waals surface area contributed by atoms with Crippen LogP contribution in [0.3, 0.4) is 0 Å². The van der Waals surface area contributed by atoms with Gasteiger partial charge in [-0.25, -0.2) is 0 Å². The minimum Gasteiger partial charge on any atom is -0.382 e. The highest BCUT2D eigenvalue weighted by molar-refractivity contribution is 7.87. The molecular weight excluding hydrogens is 204 g/mol. The highest BCUT2D eigenvalue weighted by Crippen LogP contribution is 2.18. The summed E-state index contributed by atoms with van der Waals surface area (Å²) in [5, 5.41) is 8.81. The van der Waals surface area contributed by atoms with Crippen LogP contribution in [-0.4, -0.2) is 26.8 Å². The van der Waals surface area contributed by atoms with Gasteiger partial charge in [-0.3, -0.25) is 0 Å². The van der Waals surface area contributed by atoms with E-state index in [2.05, 4.69) is 50.5 Å². The van der Waals surface area contributed by atoms with Gasteiger partial charge in [0.25, 0.3) is 0 Å². The molecule has 62 valence electrons. The molecule has 0 aliphatic rings. The molecule has 1 nitrogen and oxygen atoms in total. The van der Waals surface area contributed by atoms with Crippen molar-refractivity contribution in [1.82, 2.24) is 0 Å². The number of thiol groups is 4. The first kappa shape index (κ1) is 11.4. The summed E-state index contributed by atoms with van der Waals surface area (Å²) in [5.74, 6) is 0.756. The van der Waals surface area contributed by atoms with Crippen molar-refractivity contribution in [3.05, 3.63) is 0 Å². The second-order valence-electron chi connectivity index (χ2n) is 1.98. The minimum absolute atomic E-state index is 0.0633. The monoisotopic (exact) mass is 216 g/mol. The van der Waals surface area contributed by atoms with Crippen LogP contribution in [0.1, 0.15) is 6.42 Å². The summed E-state index contributed by atoms with van der Waals surface area (Å²) >= 11 is 16.2. The molecule has 0 aliphatic heterocycles. The van der Waals surface area contributed by atoms with Gasteiger partial charge < -0.3 is 5.11 Å². The van der Waals surface area contributed by atoms with Crippen LogP contribution in [0.2, 0.25) is 0 Å². The lowest BCUT2D eigenvalue weighted by molar-refractivity contribution is 0.260. The van der Waals surface area contributed by atoms with Crippen LogP contribution in [0, 0.1) is 0 Å². The zero-order valence-corrected chi connectivity index (χ0v) is 8.96. The van der Waals surface area contributed by atoms with E-state index < -0.39 is 5.44 Å². The molecule has 0 amide bonds. The van der Waals surface area contributed by atoms with E-state index >= 15 is 0 Å². The van der Waals surface area contributed by atoms with E-state index in [1.54, 1.807) is 0 Å². The largest absolute Gasteiger partial charge is 0.382 e. The van der Waals surface area contributed by atoms with Crippen LogP contribution in [-0.2, 0) is 0 Å². The molecule has 3 atom stereocenters. The van der Waals surface area contributed by atoms with Gasteiger partial charge in [0, 0.05) is 10.5 Å². The van der Waals surface area contributed by atoms with Gasteiger partial charge in [-0.1, -0.05) is 0 Å². The number of hydrogen-bond donors (Lipinski definition) is 5. The van der Waals surface area contributed by atoms with Gasteiger partial charge in [0.1, 0.15) is 5.44 Å². The van der Waals surface area contributed by atoms with Gasteiger partial charge in [-0.2, -0.15) is 37.9 Å². The molecule has 5 heteroatoms. The summed E-state index contributed by atoms with van der Waals surface area (Å²) in [6.45, 7) is 0. The molecule has 0 aromatic rings. The molecule has 0 saturated heterocycles. The zero-order valence-electron chi connectivity index (χ0n) is 5.38. The van der Waals surface area contributed by atoms with Crippen molar-refractivity contribution < 1.29 is 5.11 Å². The normalized spacial score (nSPS) is 20.1. The van der Waals surface area contributed by atoms with E-state index in [0.717, 1.165) is 12.2 Å². The second-order valence-corrected chi connectivity index (χ2v) is 4.22. The first-order valence-corrected chi connectivity index (χ1v) is 5.11. The van der Waals surface area contributed by atoms with Gasteiger partial charge in [-0.05, 0) is 12.2 Å². The maximum atomic E-state index is 8.93. The Balaban J connectivity index is 3.58. The average molecular weight is 216 g/mol. The lowest BCUT2D eigenvalue weighted by Crippen LogP contribution is -2.25. The lowest BCUT2D eigenvalue weighted by Gasteiger charge is -2.18. The van der Waals surface area contributed by atoms with Gasteiger partial charge in [0.2, 0.25) is 0 Å². The van der Waals surface area contributed by atoms with Crippen molar-refractivity contribution >= 4 is 50.5 Å². The maximum Gasteiger partial charge on any atom is 0.109 e. The van der Waals surface area contributed by atoms with Crippen LogP contribution in [0.15, 0.2) is 0 Å². The molecule has 0 saturated carbocycles. The second kappa shape index (κ2) is 5.94. The zero-order chi connectivity index (χ0) is 8.15. The predicted octanol–water partition coefficient (Wildman–Crippen LogP) is 1.15. The Kier molecular flexibility index (Phi) is 6.75. The van der Waals surface area contributed by atoms with Crippen molar-refractivity contribution in [3.63, 3.8) is 0 Å². The molecule has 1 N–H and O–H groups in total. The Bertz CT molecular complexity index is 87.7. The van der Waals surface area contributed by atoms with E-state index in [4.69, 9.17) is 5.11 Å². The molecular formula is C5H12OS4. The van der Waals surface area contributed by atoms with E-state index in [1.807, 2.05) is 0 Å². The molecule has 0 heterocycles. The van der Waals surface area contributed by atoms with E-state index in [-0.39, 0.29) is 10.5 Å². The van der Waals surface area contributed by atoms with Crippen molar-refractivity contribution in [2.24, 2.45) is 0 Å². The molecule has 0 aromatic heterocycles. The number of aliphatic hydroxyl groups excluding tert-OH is 1. The van der Waals surface area contributed by atoms with Crippen LogP contribution in [0.25, 0.3) is 0 Å². The topological polar surface area (TPSA) is 20.2 Å². The molecule has 10 heavy (non-hydrogen) atoms. The summed E-state index contributed by atoms with van der Waals surface area (Å²) in [5.41, 5.74) is -0.703. The maximum absolute atomic E-state index is 8.93. The number of aliphatic hydroxyl groups is 1. The average Bonchev–Trinajstić information content (AvgIpc) is 1.87. The highest BCUT2D eigenvalue weighted by Gasteiger charge is 2.18. The molecule has 3 unspecified atom stereocenters. The molecule has 0 spiro atoms. The Labute approximate surface area is 83.6 Å². The minimum atomic E-state index is -0.703. The van der Waals surface area contributed by atoms with Crippen molar-refractivity contribution in [2.75, 3.05) is 5.75 Å².